The number of rotatable bonds is 6. The molecule has 0 radical (unpaired) electrons. The number of sulfonamides is 1. The van der Waals surface area contributed by atoms with E-state index in [0.717, 1.165) is 29.5 Å². The number of halogens is 3. The molecule has 5 nitrogen and oxygen atoms in total. The van der Waals surface area contributed by atoms with Crippen LogP contribution in [0.3, 0.4) is 0 Å². The fraction of sp³-hybridized carbons (Fsp3) is 0.136. The maximum absolute atomic E-state index is 13.0. The lowest BCUT2D eigenvalue weighted by atomic mass is 10.0. The van der Waals surface area contributed by atoms with E-state index in [9.17, 15) is 26.4 Å². The zero-order chi connectivity index (χ0) is 22.6. The maximum atomic E-state index is 13.0. The van der Waals surface area contributed by atoms with Crippen LogP contribution in [0.5, 0.6) is 0 Å². The van der Waals surface area contributed by atoms with Crippen LogP contribution in [0.4, 0.5) is 24.5 Å². The van der Waals surface area contributed by atoms with Gasteiger partial charge in [0, 0.05) is 11.3 Å². The zero-order valence-electron chi connectivity index (χ0n) is 16.4. The van der Waals surface area contributed by atoms with Crippen molar-refractivity contribution in [2.24, 2.45) is 0 Å². The number of hydrogen-bond donors (Lipinski definition) is 1. The van der Waals surface area contributed by atoms with Gasteiger partial charge in [0.15, 0.2) is 0 Å². The largest absolute Gasteiger partial charge is 0.416 e. The second-order valence-electron chi connectivity index (χ2n) is 6.78. The van der Waals surface area contributed by atoms with Crippen LogP contribution in [0.15, 0.2) is 78.9 Å². The van der Waals surface area contributed by atoms with Crippen molar-refractivity contribution in [3.05, 3.63) is 84.4 Å². The van der Waals surface area contributed by atoms with Crippen LogP contribution >= 0.6 is 0 Å². The third-order valence-electron chi connectivity index (χ3n) is 4.43. The smallest absolute Gasteiger partial charge is 0.324 e. The Morgan fingerprint density at radius 2 is 1.58 bits per heavy atom. The Bertz CT molecular complexity index is 1180. The number of hydrogen-bond acceptors (Lipinski definition) is 3. The third-order valence-corrected chi connectivity index (χ3v) is 5.58. The molecule has 0 aromatic heterocycles. The minimum Gasteiger partial charge on any atom is -0.324 e. The van der Waals surface area contributed by atoms with Gasteiger partial charge in [-0.1, -0.05) is 54.6 Å². The molecular weight excluding hydrogens is 429 g/mol. The molecule has 1 N–H and O–H groups in total. The van der Waals surface area contributed by atoms with Crippen LogP contribution in [0.25, 0.3) is 11.1 Å². The second kappa shape index (κ2) is 8.81. The summed E-state index contributed by atoms with van der Waals surface area (Å²) in [4.78, 5) is 12.7. The molecule has 0 aliphatic heterocycles. The van der Waals surface area contributed by atoms with Crippen molar-refractivity contribution in [2.75, 3.05) is 22.4 Å². The normalized spacial score (nSPS) is 11.7. The summed E-state index contributed by atoms with van der Waals surface area (Å²) in [6.07, 6.45) is -3.81. The Morgan fingerprint density at radius 3 is 2.23 bits per heavy atom. The molecule has 162 valence electrons. The highest BCUT2D eigenvalue weighted by atomic mass is 32.2. The second-order valence-corrected chi connectivity index (χ2v) is 8.68. The number of alkyl halides is 3. The lowest BCUT2D eigenvalue weighted by Crippen LogP contribution is -2.37. The van der Waals surface area contributed by atoms with E-state index in [-0.39, 0.29) is 5.69 Å². The van der Waals surface area contributed by atoms with Crippen LogP contribution in [0, 0.1) is 0 Å². The van der Waals surface area contributed by atoms with E-state index < -0.39 is 34.2 Å². The lowest BCUT2D eigenvalue weighted by Gasteiger charge is -2.23. The van der Waals surface area contributed by atoms with Crippen LogP contribution in [0.1, 0.15) is 5.56 Å². The molecule has 0 heterocycles. The average molecular weight is 448 g/mol. The SMILES string of the molecule is CS(=O)(=O)N(CC(=O)Nc1ccccc1-c1ccccc1)c1cccc(C(F)(F)F)c1. The Hall–Kier alpha value is -3.33. The van der Waals surface area contributed by atoms with Crippen molar-refractivity contribution in [3.8, 4) is 11.1 Å². The van der Waals surface area contributed by atoms with Gasteiger partial charge in [0.1, 0.15) is 6.54 Å². The molecule has 3 aromatic carbocycles. The third kappa shape index (κ3) is 5.64. The summed E-state index contributed by atoms with van der Waals surface area (Å²) < 4.78 is 64.2. The van der Waals surface area contributed by atoms with Crippen molar-refractivity contribution < 1.29 is 26.4 Å². The number of para-hydroxylation sites is 1. The van der Waals surface area contributed by atoms with E-state index in [1.165, 1.54) is 6.07 Å². The molecule has 0 spiro atoms. The summed E-state index contributed by atoms with van der Waals surface area (Å²) in [6.45, 7) is -0.677. The predicted octanol–water partition coefficient (Wildman–Crippen LogP) is 4.78. The van der Waals surface area contributed by atoms with Gasteiger partial charge in [-0.15, -0.1) is 0 Å². The molecule has 3 aromatic rings. The summed E-state index contributed by atoms with van der Waals surface area (Å²) in [5.41, 5.74) is 0.770. The van der Waals surface area contributed by atoms with Gasteiger partial charge in [-0.25, -0.2) is 8.42 Å². The van der Waals surface area contributed by atoms with Gasteiger partial charge in [-0.05, 0) is 29.8 Å². The maximum Gasteiger partial charge on any atom is 0.416 e. The molecule has 0 unspecified atom stereocenters. The first-order valence-electron chi connectivity index (χ1n) is 9.15. The number of benzene rings is 3. The molecule has 0 saturated heterocycles. The van der Waals surface area contributed by atoms with Crippen LogP contribution in [0.2, 0.25) is 0 Å². The Labute approximate surface area is 178 Å². The quantitative estimate of drug-likeness (QED) is 0.590. The van der Waals surface area contributed by atoms with Crippen molar-refractivity contribution in [1.29, 1.82) is 0 Å². The molecule has 31 heavy (non-hydrogen) atoms. The van der Waals surface area contributed by atoms with E-state index in [0.29, 0.717) is 16.1 Å². The van der Waals surface area contributed by atoms with Gasteiger partial charge >= 0.3 is 6.18 Å². The van der Waals surface area contributed by atoms with Gasteiger partial charge in [0.2, 0.25) is 15.9 Å². The highest BCUT2D eigenvalue weighted by Crippen LogP contribution is 2.32. The summed E-state index contributed by atoms with van der Waals surface area (Å²) >= 11 is 0. The van der Waals surface area contributed by atoms with Crippen molar-refractivity contribution in [2.45, 2.75) is 6.18 Å². The van der Waals surface area contributed by atoms with Crippen molar-refractivity contribution >= 4 is 27.3 Å². The number of carbonyl (C=O) groups is 1. The van der Waals surface area contributed by atoms with Crippen LogP contribution in [-0.4, -0.2) is 27.1 Å². The summed E-state index contributed by atoms with van der Waals surface area (Å²) in [5, 5.41) is 2.66. The Kier molecular flexibility index (Phi) is 6.35. The van der Waals surface area contributed by atoms with Gasteiger partial charge in [0.25, 0.3) is 0 Å². The molecule has 0 fully saturated rings. The van der Waals surface area contributed by atoms with Crippen LogP contribution in [-0.2, 0) is 21.0 Å². The molecule has 1 amide bonds. The first-order valence-corrected chi connectivity index (χ1v) is 11.0. The highest BCUT2D eigenvalue weighted by Gasteiger charge is 2.32. The first kappa shape index (κ1) is 22.4. The van der Waals surface area contributed by atoms with E-state index in [1.54, 1.807) is 24.3 Å². The fourth-order valence-electron chi connectivity index (χ4n) is 3.02. The first-order chi connectivity index (χ1) is 14.6. The number of nitrogens with one attached hydrogen (secondary N) is 1. The van der Waals surface area contributed by atoms with E-state index in [4.69, 9.17) is 0 Å². The lowest BCUT2D eigenvalue weighted by molar-refractivity contribution is -0.137. The molecule has 0 aliphatic rings. The summed E-state index contributed by atoms with van der Waals surface area (Å²) in [5.74, 6) is -0.689. The molecular formula is C22H19F3N2O3S. The average Bonchev–Trinajstić information content (AvgIpc) is 2.72. The van der Waals surface area contributed by atoms with Crippen molar-refractivity contribution in [3.63, 3.8) is 0 Å². The van der Waals surface area contributed by atoms with Crippen LogP contribution < -0.4 is 9.62 Å². The predicted molar refractivity (Wildman–Crippen MR) is 114 cm³/mol. The summed E-state index contributed by atoms with van der Waals surface area (Å²) in [7, 11) is -4.02. The number of carbonyl (C=O) groups excluding carboxylic acids is 1. The van der Waals surface area contributed by atoms with Gasteiger partial charge in [0.05, 0.1) is 17.5 Å². The van der Waals surface area contributed by atoms with Gasteiger partial charge < -0.3 is 5.32 Å². The van der Waals surface area contributed by atoms with E-state index >= 15 is 0 Å². The topological polar surface area (TPSA) is 66.5 Å². The Morgan fingerprint density at radius 1 is 0.935 bits per heavy atom. The number of anilines is 2. The minimum absolute atomic E-state index is 0.246. The molecule has 0 bridgehead atoms. The highest BCUT2D eigenvalue weighted by molar-refractivity contribution is 7.92. The molecule has 3 rings (SSSR count). The monoisotopic (exact) mass is 448 g/mol. The molecule has 0 aliphatic carbocycles. The standard InChI is InChI=1S/C22H19F3N2O3S/c1-31(29,30)27(18-11-7-10-17(14-18)22(23,24)25)15-21(28)26-20-13-6-5-12-19(20)16-8-3-2-4-9-16/h2-14H,15H2,1H3,(H,26,28). The van der Waals surface area contributed by atoms with E-state index in [1.807, 2.05) is 30.3 Å². The Balaban J connectivity index is 1.88. The number of amides is 1. The van der Waals surface area contributed by atoms with E-state index in [2.05, 4.69) is 5.32 Å². The summed E-state index contributed by atoms with van der Waals surface area (Å²) in [6, 6.07) is 20.1. The minimum atomic E-state index is -4.64. The fourth-order valence-corrected chi connectivity index (χ4v) is 3.87. The molecule has 0 saturated carbocycles. The molecule has 9 heteroatoms. The van der Waals surface area contributed by atoms with Crippen molar-refractivity contribution in [1.82, 2.24) is 0 Å². The zero-order valence-corrected chi connectivity index (χ0v) is 17.2. The van der Waals surface area contributed by atoms with Gasteiger partial charge in [-0.2, -0.15) is 13.2 Å². The number of nitrogens with zero attached hydrogens (tertiary/aromatic N) is 1. The van der Waals surface area contributed by atoms with Gasteiger partial charge in [-0.3, -0.25) is 9.10 Å². The molecule has 0 atom stereocenters.